The van der Waals surface area contributed by atoms with Crippen LogP contribution >= 0.6 is 0 Å². The first-order chi connectivity index (χ1) is 12.6. The molecule has 0 fully saturated rings. The van der Waals surface area contributed by atoms with E-state index in [-0.39, 0.29) is 17.2 Å². The van der Waals surface area contributed by atoms with Crippen molar-refractivity contribution in [2.45, 2.75) is 71.1 Å². The SMILES string of the molecule is CCCCC/C=C/C/C(=C/C/C=C/CCCCCOCC(=O)O)[N+](=O)[O-]. The molecule has 148 valence electrons. The third-order valence-electron chi connectivity index (χ3n) is 3.74. The average Bonchev–Trinajstić information content (AvgIpc) is 2.60. The minimum Gasteiger partial charge on any atom is -0.480 e. The molecule has 6 nitrogen and oxygen atoms in total. The van der Waals surface area contributed by atoms with E-state index in [1.54, 1.807) is 6.08 Å². The van der Waals surface area contributed by atoms with Gasteiger partial charge in [0.15, 0.2) is 0 Å². The highest BCUT2D eigenvalue weighted by molar-refractivity contribution is 5.67. The van der Waals surface area contributed by atoms with Crippen LogP contribution in [0.4, 0.5) is 0 Å². The summed E-state index contributed by atoms with van der Waals surface area (Å²) in [5.74, 6) is -0.943. The van der Waals surface area contributed by atoms with Gasteiger partial charge >= 0.3 is 5.97 Å². The molecule has 0 saturated carbocycles. The number of carboxylic acids is 1. The maximum Gasteiger partial charge on any atom is 0.329 e. The van der Waals surface area contributed by atoms with Crippen molar-refractivity contribution in [3.05, 3.63) is 46.2 Å². The number of allylic oxidation sites excluding steroid dienone is 5. The van der Waals surface area contributed by atoms with Gasteiger partial charge in [0.05, 0.1) is 11.3 Å². The Balaban J connectivity index is 3.82. The third-order valence-corrected chi connectivity index (χ3v) is 3.74. The molecule has 0 unspecified atom stereocenters. The topological polar surface area (TPSA) is 89.7 Å². The second-order valence-corrected chi connectivity index (χ2v) is 6.13. The molecule has 6 heteroatoms. The average molecular weight is 367 g/mol. The number of carbonyl (C=O) groups is 1. The number of aliphatic carboxylic acids is 1. The molecular weight excluding hydrogens is 334 g/mol. The molecule has 0 bridgehead atoms. The molecule has 0 aliphatic rings. The fraction of sp³-hybridized carbons (Fsp3) is 0.650. The van der Waals surface area contributed by atoms with Crippen molar-refractivity contribution < 1.29 is 19.6 Å². The first kappa shape index (κ1) is 24.1. The van der Waals surface area contributed by atoms with Gasteiger partial charge in [-0.1, -0.05) is 50.5 Å². The Morgan fingerprint density at radius 1 is 1.04 bits per heavy atom. The van der Waals surface area contributed by atoms with Crippen LogP contribution in [-0.4, -0.2) is 29.2 Å². The summed E-state index contributed by atoms with van der Waals surface area (Å²) in [6, 6.07) is 0. The molecular formula is C20H33NO5. The molecule has 0 aliphatic carbocycles. The normalized spacial score (nSPS) is 12.3. The van der Waals surface area contributed by atoms with E-state index in [2.05, 4.69) is 6.92 Å². The van der Waals surface area contributed by atoms with Gasteiger partial charge < -0.3 is 9.84 Å². The fourth-order valence-electron chi connectivity index (χ4n) is 2.29. The first-order valence-electron chi connectivity index (χ1n) is 9.50. The van der Waals surface area contributed by atoms with Crippen molar-refractivity contribution >= 4 is 5.97 Å². The summed E-state index contributed by atoms with van der Waals surface area (Å²) in [5.41, 5.74) is 0.247. The number of nitro groups is 1. The second kappa shape index (κ2) is 17.9. The molecule has 26 heavy (non-hydrogen) atoms. The van der Waals surface area contributed by atoms with Crippen molar-refractivity contribution in [2.75, 3.05) is 13.2 Å². The van der Waals surface area contributed by atoms with Crippen LogP contribution in [-0.2, 0) is 9.53 Å². The lowest BCUT2D eigenvalue weighted by atomic mass is 10.1. The molecule has 0 aromatic heterocycles. The van der Waals surface area contributed by atoms with E-state index in [9.17, 15) is 14.9 Å². The molecule has 0 aromatic rings. The van der Waals surface area contributed by atoms with Gasteiger partial charge in [-0.25, -0.2) is 4.79 Å². The number of nitrogens with zero attached hydrogens (tertiary/aromatic N) is 1. The van der Waals surface area contributed by atoms with Crippen molar-refractivity contribution in [3.63, 3.8) is 0 Å². The third kappa shape index (κ3) is 16.9. The van der Waals surface area contributed by atoms with Crippen LogP contribution in [0.3, 0.4) is 0 Å². The van der Waals surface area contributed by atoms with E-state index in [4.69, 9.17) is 9.84 Å². The number of unbranched alkanes of at least 4 members (excludes halogenated alkanes) is 6. The van der Waals surface area contributed by atoms with Crippen LogP contribution in [0.15, 0.2) is 36.1 Å². The molecule has 0 radical (unpaired) electrons. The van der Waals surface area contributed by atoms with Crippen LogP contribution in [0.2, 0.25) is 0 Å². The number of hydrogen-bond donors (Lipinski definition) is 1. The maximum absolute atomic E-state index is 11.0. The number of ether oxygens (including phenoxy) is 1. The summed E-state index contributed by atoms with van der Waals surface area (Å²) in [6.45, 7) is 2.39. The molecule has 1 N–H and O–H groups in total. The molecule has 0 rings (SSSR count). The van der Waals surface area contributed by atoms with Gasteiger partial charge in [0.2, 0.25) is 5.70 Å². The first-order valence-corrected chi connectivity index (χ1v) is 9.50. The van der Waals surface area contributed by atoms with E-state index in [1.807, 2.05) is 24.3 Å². The maximum atomic E-state index is 11.0. The molecule has 0 spiro atoms. The Morgan fingerprint density at radius 3 is 2.38 bits per heavy atom. The Morgan fingerprint density at radius 2 is 1.73 bits per heavy atom. The highest BCUT2D eigenvalue weighted by Crippen LogP contribution is 2.08. The number of carboxylic acid groups (broad SMARTS) is 1. The highest BCUT2D eigenvalue weighted by Gasteiger charge is 2.06. The summed E-state index contributed by atoms with van der Waals surface area (Å²) in [5, 5.41) is 19.4. The van der Waals surface area contributed by atoms with E-state index in [1.165, 1.54) is 12.8 Å². The zero-order valence-corrected chi connectivity index (χ0v) is 15.9. The van der Waals surface area contributed by atoms with Gasteiger partial charge in [-0.15, -0.1) is 0 Å². The predicted octanol–water partition coefficient (Wildman–Crippen LogP) is 5.28. The predicted molar refractivity (Wildman–Crippen MR) is 104 cm³/mol. The van der Waals surface area contributed by atoms with Gasteiger partial charge in [-0.05, 0) is 44.6 Å². The summed E-state index contributed by atoms with van der Waals surface area (Å²) in [7, 11) is 0. The van der Waals surface area contributed by atoms with Gasteiger partial charge in [0.1, 0.15) is 6.61 Å². The summed E-state index contributed by atoms with van der Waals surface area (Å²) in [4.78, 5) is 21.0. The highest BCUT2D eigenvalue weighted by atomic mass is 16.6. The van der Waals surface area contributed by atoms with E-state index in [0.29, 0.717) is 19.4 Å². The van der Waals surface area contributed by atoms with Crippen LogP contribution in [0.25, 0.3) is 0 Å². The zero-order chi connectivity index (χ0) is 19.5. The van der Waals surface area contributed by atoms with Crippen molar-refractivity contribution in [1.29, 1.82) is 0 Å². The number of rotatable bonds is 17. The standard InChI is InChI=1S/C20H33NO5/c1-2-3-4-5-9-12-15-19(21(24)25)16-13-10-7-6-8-11-14-17-26-18-20(22)23/h7,9-10,12,16H,2-6,8,11,13-15,17-18H2,1H3,(H,22,23)/b10-7+,12-9+,19-16-. The lowest BCUT2D eigenvalue weighted by Gasteiger charge is -2.00. The van der Waals surface area contributed by atoms with Gasteiger partial charge in [-0.2, -0.15) is 0 Å². The number of hydrogen-bond acceptors (Lipinski definition) is 4. The van der Waals surface area contributed by atoms with Gasteiger partial charge in [0, 0.05) is 6.61 Å². The van der Waals surface area contributed by atoms with Gasteiger partial charge in [-0.3, -0.25) is 10.1 Å². The molecule has 0 amide bonds. The van der Waals surface area contributed by atoms with Crippen molar-refractivity contribution in [2.24, 2.45) is 0 Å². The van der Waals surface area contributed by atoms with E-state index in [0.717, 1.165) is 38.5 Å². The molecule has 0 atom stereocenters. The van der Waals surface area contributed by atoms with Crippen LogP contribution in [0, 0.1) is 10.1 Å². The molecule has 0 aliphatic heterocycles. The molecule has 0 saturated heterocycles. The Kier molecular flexibility index (Phi) is 16.5. The molecule has 0 aromatic carbocycles. The molecule has 0 heterocycles. The summed E-state index contributed by atoms with van der Waals surface area (Å²) < 4.78 is 4.95. The van der Waals surface area contributed by atoms with Crippen LogP contribution < -0.4 is 0 Å². The zero-order valence-electron chi connectivity index (χ0n) is 15.9. The lowest BCUT2D eigenvalue weighted by molar-refractivity contribution is -0.427. The minimum absolute atomic E-state index is 0.237. The Labute approximate surface area is 156 Å². The largest absolute Gasteiger partial charge is 0.480 e. The van der Waals surface area contributed by atoms with Gasteiger partial charge in [0.25, 0.3) is 0 Å². The monoisotopic (exact) mass is 367 g/mol. The minimum atomic E-state index is -0.943. The quantitative estimate of drug-likeness (QED) is 0.163. The summed E-state index contributed by atoms with van der Waals surface area (Å²) in [6.07, 6.45) is 18.8. The van der Waals surface area contributed by atoms with Crippen LogP contribution in [0.5, 0.6) is 0 Å². The van der Waals surface area contributed by atoms with Crippen LogP contribution in [0.1, 0.15) is 71.1 Å². The van der Waals surface area contributed by atoms with Crippen molar-refractivity contribution in [1.82, 2.24) is 0 Å². The lowest BCUT2D eigenvalue weighted by Crippen LogP contribution is -2.07. The Bertz CT molecular complexity index is 469. The second-order valence-electron chi connectivity index (χ2n) is 6.13. The van der Waals surface area contributed by atoms with Crippen molar-refractivity contribution in [3.8, 4) is 0 Å². The smallest absolute Gasteiger partial charge is 0.329 e. The summed E-state index contributed by atoms with van der Waals surface area (Å²) >= 11 is 0. The Hall–Kier alpha value is -1.95. The fourth-order valence-corrected chi connectivity index (χ4v) is 2.29. The van der Waals surface area contributed by atoms with E-state index < -0.39 is 5.97 Å². The van der Waals surface area contributed by atoms with E-state index >= 15 is 0 Å².